The van der Waals surface area contributed by atoms with Crippen LogP contribution in [0.3, 0.4) is 0 Å². The number of hydrogen-bond donors (Lipinski definition) is 1. The van der Waals surface area contributed by atoms with E-state index in [9.17, 15) is 0 Å². The minimum atomic E-state index is 0.593. The van der Waals surface area contributed by atoms with Gasteiger partial charge in [0.15, 0.2) is 0 Å². The van der Waals surface area contributed by atoms with Crippen molar-refractivity contribution in [3.05, 3.63) is 0 Å². The first-order valence-electron chi connectivity index (χ1n) is 8.16. The standard InChI is InChI=1S/C16H31NO/c1-3-11-17-16-10-9-14(13(16)2)6-4-7-15-8-5-12-18-15/h13-17H,3-12H2,1-2H3. The van der Waals surface area contributed by atoms with Gasteiger partial charge < -0.3 is 10.1 Å². The molecule has 4 unspecified atom stereocenters. The van der Waals surface area contributed by atoms with E-state index in [-0.39, 0.29) is 0 Å². The SMILES string of the molecule is CCCNC1CCC(CCCC2CCCO2)C1C. The normalized spacial score (nSPS) is 36.3. The van der Waals surface area contributed by atoms with Crippen molar-refractivity contribution >= 4 is 0 Å². The lowest BCUT2D eigenvalue weighted by molar-refractivity contribution is 0.100. The van der Waals surface area contributed by atoms with Gasteiger partial charge in [0.1, 0.15) is 0 Å². The molecule has 0 aromatic rings. The van der Waals surface area contributed by atoms with Crippen LogP contribution >= 0.6 is 0 Å². The summed E-state index contributed by atoms with van der Waals surface area (Å²) >= 11 is 0. The van der Waals surface area contributed by atoms with Crippen molar-refractivity contribution in [2.24, 2.45) is 11.8 Å². The molecule has 2 rings (SSSR count). The molecule has 1 aliphatic heterocycles. The summed E-state index contributed by atoms with van der Waals surface area (Å²) in [6, 6.07) is 0.790. The zero-order valence-electron chi connectivity index (χ0n) is 12.3. The first kappa shape index (κ1) is 14.3. The third kappa shape index (κ3) is 3.96. The highest BCUT2D eigenvalue weighted by molar-refractivity contribution is 4.86. The van der Waals surface area contributed by atoms with Gasteiger partial charge in [0.25, 0.3) is 0 Å². The molecule has 1 saturated heterocycles. The molecule has 1 heterocycles. The Balaban J connectivity index is 1.61. The van der Waals surface area contributed by atoms with Crippen LogP contribution in [0.4, 0.5) is 0 Å². The average molecular weight is 253 g/mol. The van der Waals surface area contributed by atoms with Crippen LogP contribution in [0.5, 0.6) is 0 Å². The fraction of sp³-hybridized carbons (Fsp3) is 1.00. The molecule has 1 aliphatic carbocycles. The highest BCUT2D eigenvalue weighted by atomic mass is 16.5. The molecule has 0 bridgehead atoms. The summed E-state index contributed by atoms with van der Waals surface area (Å²) in [5.41, 5.74) is 0. The summed E-state index contributed by atoms with van der Waals surface area (Å²) in [5.74, 6) is 1.84. The molecule has 106 valence electrons. The maximum Gasteiger partial charge on any atom is 0.0576 e. The van der Waals surface area contributed by atoms with Crippen molar-refractivity contribution in [2.75, 3.05) is 13.2 Å². The average Bonchev–Trinajstić information content (AvgIpc) is 2.99. The van der Waals surface area contributed by atoms with Gasteiger partial charge in [0, 0.05) is 12.6 Å². The van der Waals surface area contributed by atoms with E-state index in [0.29, 0.717) is 6.10 Å². The summed E-state index contributed by atoms with van der Waals surface area (Å²) in [6.07, 6.45) is 11.4. The second kappa shape index (κ2) is 7.49. The minimum Gasteiger partial charge on any atom is -0.378 e. The summed E-state index contributed by atoms with van der Waals surface area (Å²) in [7, 11) is 0. The lowest BCUT2D eigenvalue weighted by Crippen LogP contribution is -2.33. The molecule has 2 fully saturated rings. The number of hydrogen-bond acceptors (Lipinski definition) is 2. The highest BCUT2D eigenvalue weighted by Gasteiger charge is 2.31. The molecule has 2 aliphatic rings. The van der Waals surface area contributed by atoms with E-state index >= 15 is 0 Å². The molecule has 2 heteroatoms. The minimum absolute atomic E-state index is 0.593. The van der Waals surface area contributed by atoms with E-state index in [4.69, 9.17) is 4.74 Å². The molecule has 0 amide bonds. The Morgan fingerprint density at radius 3 is 2.78 bits per heavy atom. The molecule has 1 saturated carbocycles. The molecule has 0 radical (unpaired) electrons. The maximum atomic E-state index is 5.71. The summed E-state index contributed by atoms with van der Waals surface area (Å²) in [6.45, 7) is 6.91. The van der Waals surface area contributed by atoms with E-state index in [0.717, 1.165) is 24.5 Å². The molecular formula is C16H31NO. The van der Waals surface area contributed by atoms with Gasteiger partial charge in [-0.3, -0.25) is 0 Å². The molecule has 1 N–H and O–H groups in total. The maximum absolute atomic E-state index is 5.71. The third-order valence-corrected chi connectivity index (χ3v) is 5.01. The van der Waals surface area contributed by atoms with Gasteiger partial charge in [0.2, 0.25) is 0 Å². The number of rotatable bonds is 7. The van der Waals surface area contributed by atoms with Gasteiger partial charge in [-0.1, -0.05) is 26.7 Å². The van der Waals surface area contributed by atoms with Crippen molar-refractivity contribution in [1.29, 1.82) is 0 Å². The zero-order valence-corrected chi connectivity index (χ0v) is 12.3. The van der Waals surface area contributed by atoms with Crippen molar-refractivity contribution < 1.29 is 4.74 Å². The van der Waals surface area contributed by atoms with Crippen LogP contribution in [0.15, 0.2) is 0 Å². The predicted octanol–water partition coefficient (Wildman–Crippen LogP) is 3.75. The Hall–Kier alpha value is -0.0800. The van der Waals surface area contributed by atoms with Crippen molar-refractivity contribution in [3.8, 4) is 0 Å². The lowest BCUT2D eigenvalue weighted by Gasteiger charge is -2.22. The van der Waals surface area contributed by atoms with Gasteiger partial charge in [-0.25, -0.2) is 0 Å². The van der Waals surface area contributed by atoms with Gasteiger partial charge >= 0.3 is 0 Å². The monoisotopic (exact) mass is 253 g/mol. The molecule has 4 atom stereocenters. The van der Waals surface area contributed by atoms with E-state index in [1.165, 1.54) is 57.9 Å². The molecule has 18 heavy (non-hydrogen) atoms. The second-order valence-corrected chi connectivity index (χ2v) is 6.32. The van der Waals surface area contributed by atoms with Crippen LogP contribution in [0.25, 0.3) is 0 Å². The molecular weight excluding hydrogens is 222 g/mol. The topological polar surface area (TPSA) is 21.3 Å². The summed E-state index contributed by atoms with van der Waals surface area (Å²) < 4.78 is 5.71. The van der Waals surface area contributed by atoms with Crippen molar-refractivity contribution in [3.63, 3.8) is 0 Å². The van der Waals surface area contributed by atoms with Crippen molar-refractivity contribution in [2.45, 2.75) is 77.4 Å². The van der Waals surface area contributed by atoms with Crippen LogP contribution in [0, 0.1) is 11.8 Å². The Labute approximate surface area is 113 Å². The highest BCUT2D eigenvalue weighted by Crippen LogP contribution is 2.35. The fourth-order valence-corrected chi connectivity index (χ4v) is 3.75. The molecule has 0 spiro atoms. The fourth-order valence-electron chi connectivity index (χ4n) is 3.75. The van der Waals surface area contributed by atoms with Crippen LogP contribution in [-0.4, -0.2) is 25.3 Å². The van der Waals surface area contributed by atoms with E-state index in [1.807, 2.05) is 0 Å². The van der Waals surface area contributed by atoms with Crippen LogP contribution in [-0.2, 0) is 4.74 Å². The largest absolute Gasteiger partial charge is 0.378 e. The Bertz CT molecular complexity index is 225. The first-order valence-corrected chi connectivity index (χ1v) is 8.16. The molecule has 0 aromatic carbocycles. The predicted molar refractivity (Wildman–Crippen MR) is 76.8 cm³/mol. The Kier molecular flexibility index (Phi) is 5.97. The Morgan fingerprint density at radius 2 is 2.06 bits per heavy atom. The van der Waals surface area contributed by atoms with Crippen LogP contribution in [0.2, 0.25) is 0 Å². The van der Waals surface area contributed by atoms with Gasteiger partial charge in [0.05, 0.1) is 6.10 Å². The van der Waals surface area contributed by atoms with Crippen LogP contribution in [0.1, 0.15) is 65.2 Å². The van der Waals surface area contributed by atoms with Crippen LogP contribution < -0.4 is 5.32 Å². The van der Waals surface area contributed by atoms with Gasteiger partial charge in [-0.05, 0) is 56.9 Å². The third-order valence-electron chi connectivity index (χ3n) is 5.01. The van der Waals surface area contributed by atoms with Gasteiger partial charge in [-0.15, -0.1) is 0 Å². The number of nitrogens with one attached hydrogen (secondary N) is 1. The van der Waals surface area contributed by atoms with Gasteiger partial charge in [-0.2, -0.15) is 0 Å². The van der Waals surface area contributed by atoms with Crippen molar-refractivity contribution in [1.82, 2.24) is 5.32 Å². The summed E-state index contributed by atoms with van der Waals surface area (Å²) in [5, 5.41) is 3.72. The Morgan fingerprint density at radius 1 is 1.17 bits per heavy atom. The zero-order chi connectivity index (χ0) is 12.8. The second-order valence-electron chi connectivity index (χ2n) is 6.32. The number of ether oxygens (including phenoxy) is 1. The first-order chi connectivity index (χ1) is 8.81. The van der Waals surface area contributed by atoms with E-state index in [1.54, 1.807) is 0 Å². The lowest BCUT2D eigenvalue weighted by atomic mass is 9.90. The quantitative estimate of drug-likeness (QED) is 0.746. The molecule has 0 aromatic heterocycles. The van der Waals surface area contributed by atoms with E-state index < -0.39 is 0 Å². The van der Waals surface area contributed by atoms with E-state index in [2.05, 4.69) is 19.2 Å². The molecule has 2 nitrogen and oxygen atoms in total. The summed E-state index contributed by atoms with van der Waals surface area (Å²) in [4.78, 5) is 0. The smallest absolute Gasteiger partial charge is 0.0576 e.